The zero-order valence-corrected chi connectivity index (χ0v) is 14.2. The highest BCUT2D eigenvalue weighted by Gasteiger charge is 2.50. The summed E-state index contributed by atoms with van der Waals surface area (Å²) in [6.07, 6.45) is 3.79. The monoisotopic (exact) mass is 330 g/mol. The van der Waals surface area contributed by atoms with Crippen molar-refractivity contribution in [2.75, 3.05) is 6.54 Å². The van der Waals surface area contributed by atoms with Gasteiger partial charge in [-0.15, -0.1) is 0 Å². The van der Waals surface area contributed by atoms with E-state index in [1.165, 1.54) is 0 Å². The standard InChI is InChI=1S/C17H22N4O3/c1-4-11(3)21-14-13(8-19-21)12(7-10(2)20-14)15(22)18-9-17(5-6-17)16(23)24/h7-8,11H,4-6,9H2,1-3H3,(H,18,22)(H,23,24). The fourth-order valence-corrected chi connectivity index (χ4v) is 2.79. The molecular weight excluding hydrogens is 308 g/mol. The molecule has 7 heteroatoms. The van der Waals surface area contributed by atoms with Crippen LogP contribution in [0.4, 0.5) is 0 Å². The molecule has 2 aromatic heterocycles. The van der Waals surface area contributed by atoms with Gasteiger partial charge < -0.3 is 10.4 Å². The number of hydrogen-bond acceptors (Lipinski definition) is 4. The number of carbonyl (C=O) groups is 2. The van der Waals surface area contributed by atoms with E-state index in [4.69, 9.17) is 0 Å². The lowest BCUT2D eigenvalue weighted by atomic mass is 10.1. The second-order valence-corrected chi connectivity index (χ2v) is 6.66. The van der Waals surface area contributed by atoms with Gasteiger partial charge in [0.25, 0.3) is 5.91 Å². The zero-order chi connectivity index (χ0) is 17.5. The summed E-state index contributed by atoms with van der Waals surface area (Å²) in [7, 11) is 0. The molecule has 1 fully saturated rings. The first-order valence-corrected chi connectivity index (χ1v) is 8.24. The predicted octanol–water partition coefficient (Wildman–Crippen LogP) is 2.31. The molecule has 0 bridgehead atoms. The number of pyridine rings is 1. The largest absolute Gasteiger partial charge is 0.481 e. The number of hydrogen-bond donors (Lipinski definition) is 2. The van der Waals surface area contributed by atoms with E-state index in [1.54, 1.807) is 12.3 Å². The Kier molecular flexibility index (Phi) is 4.03. The fraction of sp³-hybridized carbons (Fsp3) is 0.529. The van der Waals surface area contributed by atoms with Crippen molar-refractivity contribution in [2.45, 2.75) is 46.1 Å². The number of rotatable bonds is 6. The van der Waals surface area contributed by atoms with Crippen LogP contribution >= 0.6 is 0 Å². The molecule has 1 aliphatic carbocycles. The average Bonchev–Trinajstić information content (AvgIpc) is 3.24. The van der Waals surface area contributed by atoms with Gasteiger partial charge >= 0.3 is 5.97 Å². The lowest BCUT2D eigenvalue weighted by molar-refractivity contribution is -0.143. The van der Waals surface area contributed by atoms with Crippen LogP contribution < -0.4 is 5.32 Å². The Morgan fingerprint density at radius 3 is 2.75 bits per heavy atom. The number of fused-ring (bicyclic) bond motifs is 1. The van der Waals surface area contributed by atoms with Crippen LogP contribution in [0.25, 0.3) is 11.0 Å². The highest BCUT2D eigenvalue weighted by atomic mass is 16.4. The molecule has 2 heterocycles. The van der Waals surface area contributed by atoms with Crippen molar-refractivity contribution < 1.29 is 14.7 Å². The second kappa shape index (κ2) is 5.89. The first-order chi connectivity index (χ1) is 11.4. The maximum absolute atomic E-state index is 12.6. The summed E-state index contributed by atoms with van der Waals surface area (Å²) in [5, 5.41) is 17.1. The van der Waals surface area contributed by atoms with Crippen molar-refractivity contribution in [1.29, 1.82) is 0 Å². The maximum atomic E-state index is 12.6. The number of carboxylic acids is 1. The number of amides is 1. The third kappa shape index (κ3) is 2.74. The van der Waals surface area contributed by atoms with E-state index in [2.05, 4.69) is 29.2 Å². The van der Waals surface area contributed by atoms with Crippen LogP contribution in [-0.4, -0.2) is 38.3 Å². The highest BCUT2D eigenvalue weighted by molar-refractivity contribution is 6.05. The van der Waals surface area contributed by atoms with Crippen LogP contribution in [0.5, 0.6) is 0 Å². The summed E-state index contributed by atoms with van der Waals surface area (Å²) >= 11 is 0. The Bertz CT molecular complexity index is 808. The third-order valence-electron chi connectivity index (χ3n) is 4.84. The summed E-state index contributed by atoms with van der Waals surface area (Å²) in [4.78, 5) is 28.3. The van der Waals surface area contributed by atoms with Gasteiger partial charge in [-0.05, 0) is 39.2 Å². The zero-order valence-electron chi connectivity index (χ0n) is 14.2. The van der Waals surface area contributed by atoms with Crippen LogP contribution in [-0.2, 0) is 4.79 Å². The molecule has 24 heavy (non-hydrogen) atoms. The lowest BCUT2D eigenvalue weighted by Crippen LogP contribution is -2.34. The molecule has 128 valence electrons. The molecule has 1 unspecified atom stereocenters. The first-order valence-electron chi connectivity index (χ1n) is 8.24. The molecule has 1 atom stereocenters. The summed E-state index contributed by atoms with van der Waals surface area (Å²) < 4.78 is 1.83. The topological polar surface area (TPSA) is 97.1 Å². The molecule has 3 rings (SSSR count). The summed E-state index contributed by atoms with van der Waals surface area (Å²) in [6, 6.07) is 1.91. The second-order valence-electron chi connectivity index (χ2n) is 6.66. The van der Waals surface area contributed by atoms with Crippen LogP contribution in [0.2, 0.25) is 0 Å². The number of aromatic nitrogens is 3. The number of aliphatic carboxylic acids is 1. The number of carboxylic acid groups (broad SMARTS) is 1. The van der Waals surface area contributed by atoms with Crippen molar-refractivity contribution >= 4 is 22.9 Å². The van der Waals surface area contributed by atoms with Gasteiger partial charge in [0.2, 0.25) is 0 Å². The van der Waals surface area contributed by atoms with Gasteiger partial charge in [-0.25, -0.2) is 9.67 Å². The number of nitrogens with zero attached hydrogens (tertiary/aromatic N) is 3. The third-order valence-corrected chi connectivity index (χ3v) is 4.84. The predicted molar refractivity (Wildman–Crippen MR) is 88.9 cm³/mol. The Morgan fingerprint density at radius 2 is 2.17 bits per heavy atom. The Morgan fingerprint density at radius 1 is 1.46 bits per heavy atom. The fourth-order valence-electron chi connectivity index (χ4n) is 2.79. The number of nitrogens with one attached hydrogen (secondary N) is 1. The smallest absolute Gasteiger partial charge is 0.311 e. The van der Waals surface area contributed by atoms with Crippen molar-refractivity contribution in [2.24, 2.45) is 5.41 Å². The molecule has 2 N–H and O–H groups in total. The normalized spacial score (nSPS) is 16.8. The maximum Gasteiger partial charge on any atom is 0.311 e. The Hall–Kier alpha value is -2.44. The first kappa shape index (κ1) is 16.4. The Balaban J connectivity index is 1.90. The van der Waals surface area contributed by atoms with Gasteiger partial charge in [0.15, 0.2) is 5.65 Å². The van der Waals surface area contributed by atoms with Crippen molar-refractivity contribution in [1.82, 2.24) is 20.1 Å². The quantitative estimate of drug-likeness (QED) is 0.847. The summed E-state index contributed by atoms with van der Waals surface area (Å²) in [6.45, 7) is 6.12. The number of aryl methyl sites for hydroxylation is 1. The van der Waals surface area contributed by atoms with Crippen LogP contribution in [0, 0.1) is 12.3 Å². The number of carbonyl (C=O) groups excluding carboxylic acids is 1. The van der Waals surface area contributed by atoms with Gasteiger partial charge in [0, 0.05) is 12.2 Å². The minimum absolute atomic E-state index is 0.156. The molecule has 0 radical (unpaired) electrons. The van der Waals surface area contributed by atoms with Gasteiger partial charge in [0.1, 0.15) is 0 Å². The molecule has 0 saturated heterocycles. The SMILES string of the molecule is CCC(C)n1ncc2c(C(=O)NCC3(C(=O)O)CC3)cc(C)nc21. The van der Waals surface area contributed by atoms with E-state index in [-0.39, 0.29) is 18.5 Å². The molecule has 0 aromatic carbocycles. The molecule has 0 aliphatic heterocycles. The van der Waals surface area contributed by atoms with Crippen molar-refractivity contribution in [3.05, 3.63) is 23.5 Å². The van der Waals surface area contributed by atoms with Gasteiger partial charge in [0.05, 0.1) is 28.6 Å². The average molecular weight is 330 g/mol. The van der Waals surface area contributed by atoms with E-state index in [1.807, 2.05) is 11.6 Å². The molecular formula is C17H22N4O3. The van der Waals surface area contributed by atoms with E-state index >= 15 is 0 Å². The van der Waals surface area contributed by atoms with Crippen LogP contribution in [0.15, 0.2) is 12.3 Å². The molecule has 7 nitrogen and oxygen atoms in total. The molecule has 1 saturated carbocycles. The van der Waals surface area contributed by atoms with Crippen molar-refractivity contribution in [3.8, 4) is 0 Å². The Labute approximate surface area is 140 Å². The molecule has 0 spiro atoms. The van der Waals surface area contributed by atoms with Gasteiger partial charge in [-0.1, -0.05) is 6.92 Å². The molecule has 2 aromatic rings. The van der Waals surface area contributed by atoms with E-state index in [0.29, 0.717) is 29.4 Å². The van der Waals surface area contributed by atoms with Gasteiger partial charge in [-0.3, -0.25) is 9.59 Å². The van der Waals surface area contributed by atoms with E-state index < -0.39 is 11.4 Å². The van der Waals surface area contributed by atoms with E-state index in [0.717, 1.165) is 12.1 Å². The van der Waals surface area contributed by atoms with Crippen LogP contribution in [0.1, 0.15) is 55.2 Å². The lowest BCUT2D eigenvalue weighted by Gasteiger charge is -2.13. The van der Waals surface area contributed by atoms with E-state index in [9.17, 15) is 14.7 Å². The highest BCUT2D eigenvalue weighted by Crippen LogP contribution is 2.45. The minimum atomic E-state index is -0.844. The van der Waals surface area contributed by atoms with Crippen molar-refractivity contribution in [3.63, 3.8) is 0 Å². The molecule has 1 aliphatic rings. The van der Waals surface area contributed by atoms with Crippen LogP contribution in [0.3, 0.4) is 0 Å². The summed E-state index contributed by atoms with van der Waals surface area (Å²) in [5.74, 6) is -1.12. The molecule has 1 amide bonds. The van der Waals surface area contributed by atoms with Gasteiger partial charge in [-0.2, -0.15) is 5.10 Å². The minimum Gasteiger partial charge on any atom is -0.481 e. The summed E-state index contributed by atoms with van der Waals surface area (Å²) in [5.41, 5.74) is 1.14.